The molecule has 0 N–H and O–H groups in total. The average Bonchev–Trinajstić information content (AvgIpc) is 2.17. The lowest BCUT2D eigenvalue weighted by atomic mass is 10.1. The van der Waals surface area contributed by atoms with Gasteiger partial charge in [-0.25, -0.2) is 0 Å². The van der Waals surface area contributed by atoms with E-state index in [9.17, 15) is 0 Å². The highest BCUT2D eigenvalue weighted by atomic mass is 79.9. The molecule has 0 fully saturated rings. The fraction of sp³-hybridized carbons (Fsp3) is 0. The largest absolute Gasteiger partial charge is 0.0843 e. The van der Waals surface area contributed by atoms with Gasteiger partial charge in [-0.1, -0.05) is 51.3 Å². The molecule has 15 heavy (non-hydrogen) atoms. The first-order valence-electron chi connectivity index (χ1n) is 4.37. The highest BCUT2D eigenvalue weighted by Gasteiger charge is 2.00. The van der Waals surface area contributed by atoms with Gasteiger partial charge in [0.2, 0.25) is 0 Å². The van der Waals surface area contributed by atoms with Gasteiger partial charge in [-0.05, 0) is 41.5 Å². The van der Waals surface area contributed by atoms with Crippen LogP contribution in [0.1, 0.15) is 0 Å². The van der Waals surface area contributed by atoms with Crippen LogP contribution in [0.5, 0.6) is 0 Å². The van der Waals surface area contributed by atoms with Crippen molar-refractivity contribution < 1.29 is 0 Å². The maximum absolute atomic E-state index is 5.98. The lowest BCUT2D eigenvalue weighted by Gasteiger charge is -2.03. The normalized spacial score (nSPS) is 10.3. The van der Waals surface area contributed by atoms with Crippen LogP contribution in [0.2, 0.25) is 10.0 Å². The Hall–Kier alpha value is -0.500. The van der Waals surface area contributed by atoms with Gasteiger partial charge in [0, 0.05) is 14.5 Å². The minimum Gasteiger partial charge on any atom is -0.0843 e. The second kappa shape index (κ2) is 4.56. The fourth-order valence-corrected chi connectivity index (χ4v) is 2.35. The first-order chi connectivity index (χ1) is 7.15. The van der Waals surface area contributed by atoms with Gasteiger partial charge in [-0.15, -0.1) is 0 Å². The molecular formula is C12H7BrCl2. The number of hydrogen-bond acceptors (Lipinski definition) is 0. The number of benzene rings is 2. The summed E-state index contributed by atoms with van der Waals surface area (Å²) in [5, 5.41) is 1.45. The van der Waals surface area contributed by atoms with Crippen LogP contribution in [0.4, 0.5) is 0 Å². The van der Waals surface area contributed by atoms with Crippen LogP contribution >= 0.6 is 39.1 Å². The summed E-state index contributed by atoms with van der Waals surface area (Å²) in [5.74, 6) is 0. The molecule has 0 amide bonds. The third-order valence-corrected chi connectivity index (χ3v) is 2.97. The third kappa shape index (κ3) is 2.75. The van der Waals surface area contributed by atoms with Crippen LogP contribution in [0.3, 0.4) is 0 Å². The second-order valence-corrected chi connectivity index (χ2v) is 4.95. The van der Waals surface area contributed by atoms with Gasteiger partial charge < -0.3 is 0 Å². The van der Waals surface area contributed by atoms with Crippen molar-refractivity contribution >= 4 is 39.1 Å². The minimum atomic E-state index is 0.717. The zero-order valence-corrected chi connectivity index (χ0v) is 10.8. The molecule has 0 aromatic heterocycles. The molecule has 0 atom stereocenters. The smallest absolute Gasteiger partial charge is 0.0423 e. The first-order valence-corrected chi connectivity index (χ1v) is 5.92. The van der Waals surface area contributed by atoms with Crippen molar-refractivity contribution in [2.24, 2.45) is 0 Å². The van der Waals surface area contributed by atoms with Gasteiger partial charge in [0.05, 0.1) is 0 Å². The molecule has 76 valence electrons. The number of rotatable bonds is 1. The maximum Gasteiger partial charge on any atom is 0.0423 e. The van der Waals surface area contributed by atoms with E-state index in [1.54, 1.807) is 0 Å². The Bertz CT molecular complexity index is 457. The van der Waals surface area contributed by atoms with Crippen LogP contribution in [0, 0.1) is 0 Å². The molecule has 2 aromatic rings. The lowest BCUT2D eigenvalue weighted by molar-refractivity contribution is 1.59. The molecule has 0 saturated heterocycles. The Kier molecular flexibility index (Phi) is 3.35. The van der Waals surface area contributed by atoms with Gasteiger partial charge in [0.25, 0.3) is 0 Å². The van der Waals surface area contributed by atoms with E-state index in [0.29, 0.717) is 5.02 Å². The zero-order chi connectivity index (χ0) is 10.8. The monoisotopic (exact) mass is 300 g/mol. The van der Waals surface area contributed by atoms with Gasteiger partial charge in [0.15, 0.2) is 0 Å². The highest BCUT2D eigenvalue weighted by molar-refractivity contribution is 9.10. The summed E-state index contributed by atoms with van der Waals surface area (Å²) in [4.78, 5) is 0. The van der Waals surface area contributed by atoms with Crippen LogP contribution in [-0.4, -0.2) is 0 Å². The maximum atomic E-state index is 5.98. The van der Waals surface area contributed by atoms with Crippen molar-refractivity contribution in [3.05, 3.63) is 57.0 Å². The molecule has 3 heteroatoms. The van der Waals surface area contributed by atoms with E-state index >= 15 is 0 Å². The van der Waals surface area contributed by atoms with E-state index < -0.39 is 0 Å². The Morgan fingerprint density at radius 3 is 2.00 bits per heavy atom. The number of halogens is 3. The molecule has 0 nitrogen and oxygen atoms in total. The van der Waals surface area contributed by atoms with Crippen LogP contribution in [0.25, 0.3) is 11.1 Å². The molecule has 0 aliphatic carbocycles. The molecular weight excluding hydrogens is 295 g/mol. The van der Waals surface area contributed by atoms with Crippen molar-refractivity contribution in [3.63, 3.8) is 0 Å². The summed E-state index contributed by atoms with van der Waals surface area (Å²) in [6.45, 7) is 0. The van der Waals surface area contributed by atoms with Crippen molar-refractivity contribution in [2.75, 3.05) is 0 Å². The zero-order valence-electron chi connectivity index (χ0n) is 7.68. The van der Waals surface area contributed by atoms with Crippen LogP contribution in [0.15, 0.2) is 46.9 Å². The highest BCUT2D eigenvalue weighted by Crippen LogP contribution is 2.28. The van der Waals surface area contributed by atoms with E-state index in [1.807, 2.05) is 42.5 Å². The fourth-order valence-electron chi connectivity index (χ4n) is 1.36. The molecule has 2 rings (SSSR count). The topological polar surface area (TPSA) is 0 Å². The third-order valence-electron chi connectivity index (χ3n) is 2.04. The van der Waals surface area contributed by atoms with Crippen molar-refractivity contribution in [1.29, 1.82) is 0 Å². The Balaban J connectivity index is 2.49. The second-order valence-electron chi connectivity index (χ2n) is 3.17. The molecule has 0 radical (unpaired) electrons. The van der Waals surface area contributed by atoms with E-state index in [2.05, 4.69) is 15.9 Å². The van der Waals surface area contributed by atoms with Crippen LogP contribution in [-0.2, 0) is 0 Å². The Labute approximate surface area is 107 Å². The molecule has 0 spiro atoms. The summed E-state index contributed by atoms with van der Waals surface area (Å²) < 4.78 is 0.972. The van der Waals surface area contributed by atoms with E-state index in [-0.39, 0.29) is 0 Å². The van der Waals surface area contributed by atoms with E-state index in [1.165, 1.54) is 0 Å². The average molecular weight is 302 g/mol. The summed E-state index contributed by atoms with van der Waals surface area (Å²) in [6.07, 6.45) is 0. The van der Waals surface area contributed by atoms with Gasteiger partial charge in [-0.3, -0.25) is 0 Å². The van der Waals surface area contributed by atoms with Crippen molar-refractivity contribution in [2.45, 2.75) is 0 Å². The minimum absolute atomic E-state index is 0.717. The van der Waals surface area contributed by atoms with Gasteiger partial charge in [0.1, 0.15) is 0 Å². The standard InChI is InChI=1S/C12H7BrCl2/c13-10-5-9(6-12(15)7-10)8-1-3-11(14)4-2-8/h1-7H. The lowest BCUT2D eigenvalue weighted by Crippen LogP contribution is -1.78. The quantitative estimate of drug-likeness (QED) is 0.659. The molecule has 0 unspecified atom stereocenters. The molecule has 0 aliphatic rings. The molecule has 0 heterocycles. The Morgan fingerprint density at radius 2 is 1.40 bits per heavy atom. The molecule has 0 aliphatic heterocycles. The van der Waals surface area contributed by atoms with E-state index in [4.69, 9.17) is 23.2 Å². The summed E-state index contributed by atoms with van der Waals surface area (Å²) in [5.41, 5.74) is 2.17. The predicted molar refractivity (Wildman–Crippen MR) is 69.6 cm³/mol. The molecule has 0 bridgehead atoms. The van der Waals surface area contributed by atoms with E-state index in [0.717, 1.165) is 20.6 Å². The number of hydrogen-bond donors (Lipinski definition) is 0. The summed E-state index contributed by atoms with van der Waals surface area (Å²) >= 11 is 15.2. The first kappa shape index (κ1) is 11.0. The SMILES string of the molecule is Clc1ccc(-c2cc(Cl)cc(Br)c2)cc1. The molecule has 0 saturated carbocycles. The molecule has 2 aromatic carbocycles. The van der Waals surface area contributed by atoms with Crippen molar-refractivity contribution in [3.8, 4) is 11.1 Å². The van der Waals surface area contributed by atoms with Crippen molar-refractivity contribution in [1.82, 2.24) is 0 Å². The predicted octanol–water partition coefficient (Wildman–Crippen LogP) is 5.42. The summed E-state index contributed by atoms with van der Waals surface area (Å²) in [7, 11) is 0. The van der Waals surface area contributed by atoms with Gasteiger partial charge in [-0.2, -0.15) is 0 Å². The van der Waals surface area contributed by atoms with Gasteiger partial charge >= 0.3 is 0 Å². The Morgan fingerprint density at radius 1 is 0.733 bits per heavy atom. The summed E-state index contributed by atoms with van der Waals surface area (Å²) in [6, 6.07) is 13.5. The van der Waals surface area contributed by atoms with Crippen LogP contribution < -0.4 is 0 Å².